The highest BCUT2D eigenvalue weighted by Gasteiger charge is 2.35. The van der Waals surface area contributed by atoms with Gasteiger partial charge in [0.05, 0.1) is 0 Å². The highest BCUT2D eigenvalue weighted by atomic mass is 16.3. The van der Waals surface area contributed by atoms with Crippen LogP contribution >= 0.6 is 0 Å². The molecule has 0 saturated heterocycles. The molecule has 0 aliphatic heterocycles. The van der Waals surface area contributed by atoms with Gasteiger partial charge in [-0.05, 0) is 85.6 Å². The smallest absolute Gasteiger partial charge is 0.164 e. The van der Waals surface area contributed by atoms with Crippen LogP contribution in [0.5, 0.6) is 0 Å². The molecule has 0 fully saturated rings. The number of nitrogens with zero attached hydrogens (tertiary/aromatic N) is 3. The monoisotopic (exact) mass is 717 g/mol. The molecule has 1 aliphatic carbocycles. The zero-order valence-electron chi connectivity index (χ0n) is 31.0. The van der Waals surface area contributed by atoms with Crippen LogP contribution in [0.1, 0.15) is 25.0 Å². The van der Waals surface area contributed by atoms with Crippen LogP contribution in [0.3, 0.4) is 0 Å². The minimum absolute atomic E-state index is 0.0849. The fraction of sp³-hybridized carbons (Fsp3) is 0.0577. The summed E-state index contributed by atoms with van der Waals surface area (Å²) in [6, 6.07) is 62.0. The average Bonchev–Trinajstić information content (AvgIpc) is 3.75. The molecule has 264 valence electrons. The van der Waals surface area contributed by atoms with Crippen LogP contribution in [0.15, 0.2) is 180 Å². The van der Waals surface area contributed by atoms with E-state index in [1.54, 1.807) is 0 Å². The van der Waals surface area contributed by atoms with Crippen LogP contribution in [-0.4, -0.2) is 15.0 Å². The molecule has 1 aliphatic rings. The van der Waals surface area contributed by atoms with Crippen LogP contribution in [0.25, 0.3) is 100 Å². The third kappa shape index (κ3) is 5.18. The molecule has 10 aromatic rings. The standard InChI is InChI=1S/C52H35N3O/c1-52(2)44-17-9-8-15-41(44)43-30-38(26-28-45(43)52)50-53-49(37-24-21-33-13-6-7-14-36(33)29-37)54-51(55-50)39-25-27-42-47(31-39)56-46-18-10-16-40(48(42)46)35-22-19-34(20-23-35)32-11-4-3-5-12-32/h3-31H,1-2H3. The Morgan fingerprint density at radius 3 is 1.75 bits per heavy atom. The SMILES string of the molecule is CC1(C)c2ccccc2-c2cc(-c3nc(-c4ccc5ccccc5c4)nc(-c4ccc5c(c4)oc4cccc(-c6ccc(-c7ccccc7)cc6)c45)n3)ccc21. The molecule has 8 aromatic carbocycles. The molecule has 0 N–H and O–H groups in total. The maximum absolute atomic E-state index is 6.58. The molecule has 0 radical (unpaired) electrons. The topological polar surface area (TPSA) is 51.8 Å². The first-order chi connectivity index (χ1) is 27.5. The Bertz CT molecular complexity index is 3160. The molecule has 2 aromatic heterocycles. The molecule has 4 nitrogen and oxygen atoms in total. The summed E-state index contributed by atoms with van der Waals surface area (Å²) in [5.41, 5.74) is 14.1. The number of benzene rings is 8. The van der Waals surface area contributed by atoms with Crippen molar-refractivity contribution in [3.8, 4) is 67.5 Å². The summed E-state index contributed by atoms with van der Waals surface area (Å²) >= 11 is 0. The molecule has 0 spiro atoms. The lowest BCUT2D eigenvalue weighted by atomic mass is 9.82. The lowest BCUT2D eigenvalue weighted by Gasteiger charge is -2.21. The average molecular weight is 718 g/mol. The van der Waals surface area contributed by atoms with Crippen molar-refractivity contribution in [1.29, 1.82) is 0 Å². The Morgan fingerprint density at radius 2 is 0.946 bits per heavy atom. The molecule has 0 bridgehead atoms. The van der Waals surface area contributed by atoms with E-state index in [2.05, 4.69) is 178 Å². The molecule has 11 rings (SSSR count). The summed E-state index contributed by atoms with van der Waals surface area (Å²) < 4.78 is 6.58. The summed E-state index contributed by atoms with van der Waals surface area (Å²) in [4.78, 5) is 15.5. The molecular formula is C52H35N3O. The maximum atomic E-state index is 6.58. The summed E-state index contributed by atoms with van der Waals surface area (Å²) in [5.74, 6) is 1.86. The van der Waals surface area contributed by atoms with Crippen LogP contribution < -0.4 is 0 Å². The van der Waals surface area contributed by atoms with E-state index >= 15 is 0 Å². The van der Waals surface area contributed by atoms with E-state index in [0.29, 0.717) is 17.5 Å². The Hall–Kier alpha value is -7.17. The lowest BCUT2D eigenvalue weighted by molar-refractivity contribution is 0.660. The highest BCUT2D eigenvalue weighted by Crippen LogP contribution is 2.49. The van der Waals surface area contributed by atoms with E-state index in [4.69, 9.17) is 19.4 Å². The quantitative estimate of drug-likeness (QED) is 0.178. The van der Waals surface area contributed by atoms with Crippen molar-refractivity contribution < 1.29 is 4.42 Å². The van der Waals surface area contributed by atoms with Gasteiger partial charge >= 0.3 is 0 Å². The zero-order valence-corrected chi connectivity index (χ0v) is 31.0. The summed E-state index contributed by atoms with van der Waals surface area (Å²) in [7, 11) is 0. The maximum Gasteiger partial charge on any atom is 0.164 e. The van der Waals surface area contributed by atoms with Crippen LogP contribution in [0.2, 0.25) is 0 Å². The third-order valence-corrected chi connectivity index (χ3v) is 11.5. The molecule has 0 amide bonds. The second-order valence-electron chi connectivity index (χ2n) is 15.2. The van der Waals surface area contributed by atoms with E-state index in [1.807, 2.05) is 12.1 Å². The zero-order chi connectivity index (χ0) is 37.4. The molecule has 0 saturated carbocycles. The first-order valence-electron chi connectivity index (χ1n) is 19.1. The van der Waals surface area contributed by atoms with Gasteiger partial charge in [0.25, 0.3) is 0 Å². The van der Waals surface area contributed by atoms with Crippen LogP contribution in [0.4, 0.5) is 0 Å². The van der Waals surface area contributed by atoms with Gasteiger partial charge in [0, 0.05) is 32.9 Å². The van der Waals surface area contributed by atoms with Crippen molar-refractivity contribution in [2.45, 2.75) is 19.3 Å². The molecule has 0 unspecified atom stereocenters. The Labute approximate surface area is 324 Å². The summed E-state index contributed by atoms with van der Waals surface area (Å²) in [6.07, 6.45) is 0. The summed E-state index contributed by atoms with van der Waals surface area (Å²) in [6.45, 7) is 4.60. The fourth-order valence-corrected chi connectivity index (χ4v) is 8.63. The van der Waals surface area contributed by atoms with Crippen LogP contribution in [-0.2, 0) is 5.41 Å². The number of aromatic nitrogens is 3. The molecule has 56 heavy (non-hydrogen) atoms. The van der Waals surface area contributed by atoms with Crippen molar-refractivity contribution in [3.63, 3.8) is 0 Å². The van der Waals surface area contributed by atoms with Crippen molar-refractivity contribution >= 4 is 32.7 Å². The van der Waals surface area contributed by atoms with Gasteiger partial charge in [0.15, 0.2) is 17.5 Å². The number of hydrogen-bond acceptors (Lipinski definition) is 4. The number of fused-ring (bicyclic) bond motifs is 7. The lowest BCUT2D eigenvalue weighted by Crippen LogP contribution is -2.14. The van der Waals surface area contributed by atoms with E-state index < -0.39 is 0 Å². The fourth-order valence-electron chi connectivity index (χ4n) is 8.63. The molecule has 2 heterocycles. The van der Waals surface area contributed by atoms with E-state index in [9.17, 15) is 0 Å². The van der Waals surface area contributed by atoms with Crippen molar-refractivity contribution in [3.05, 3.63) is 187 Å². The van der Waals surface area contributed by atoms with Gasteiger partial charge in [-0.25, -0.2) is 15.0 Å². The number of hydrogen-bond donors (Lipinski definition) is 0. The van der Waals surface area contributed by atoms with Crippen molar-refractivity contribution in [2.24, 2.45) is 0 Å². The predicted molar refractivity (Wildman–Crippen MR) is 229 cm³/mol. The van der Waals surface area contributed by atoms with Gasteiger partial charge < -0.3 is 4.42 Å². The van der Waals surface area contributed by atoms with E-state index in [-0.39, 0.29) is 5.41 Å². The van der Waals surface area contributed by atoms with Crippen molar-refractivity contribution in [1.82, 2.24) is 15.0 Å². The van der Waals surface area contributed by atoms with E-state index in [1.165, 1.54) is 38.8 Å². The van der Waals surface area contributed by atoms with E-state index in [0.717, 1.165) is 55.1 Å². The minimum Gasteiger partial charge on any atom is -0.456 e. The van der Waals surface area contributed by atoms with Gasteiger partial charge in [-0.2, -0.15) is 0 Å². The highest BCUT2D eigenvalue weighted by molar-refractivity contribution is 6.13. The van der Waals surface area contributed by atoms with Gasteiger partial charge in [-0.3, -0.25) is 0 Å². The third-order valence-electron chi connectivity index (χ3n) is 11.5. The predicted octanol–water partition coefficient (Wildman–Crippen LogP) is 13.6. The number of furan rings is 1. The molecule has 0 atom stereocenters. The summed E-state index contributed by atoms with van der Waals surface area (Å²) in [5, 5.41) is 4.46. The van der Waals surface area contributed by atoms with Gasteiger partial charge in [0.2, 0.25) is 0 Å². The molecule has 4 heteroatoms. The van der Waals surface area contributed by atoms with Crippen molar-refractivity contribution in [2.75, 3.05) is 0 Å². The normalized spacial score (nSPS) is 13.0. The van der Waals surface area contributed by atoms with Crippen LogP contribution in [0, 0.1) is 0 Å². The Morgan fingerprint density at radius 1 is 0.375 bits per heavy atom. The van der Waals surface area contributed by atoms with Gasteiger partial charge in [-0.1, -0.05) is 159 Å². The molecular weight excluding hydrogens is 683 g/mol. The second kappa shape index (κ2) is 12.4. The Kier molecular flexibility index (Phi) is 7.17. The second-order valence-corrected chi connectivity index (χ2v) is 15.2. The first-order valence-corrected chi connectivity index (χ1v) is 19.1. The first kappa shape index (κ1) is 32.3. The number of rotatable bonds is 5. The minimum atomic E-state index is -0.0849. The van der Waals surface area contributed by atoms with Gasteiger partial charge in [0.1, 0.15) is 11.2 Å². The van der Waals surface area contributed by atoms with Gasteiger partial charge in [-0.15, -0.1) is 0 Å². The largest absolute Gasteiger partial charge is 0.456 e. The Balaban J connectivity index is 1.05.